The van der Waals surface area contributed by atoms with E-state index in [1.54, 1.807) is 36.4 Å². The van der Waals surface area contributed by atoms with Crippen molar-refractivity contribution in [2.75, 3.05) is 10.6 Å². The van der Waals surface area contributed by atoms with E-state index in [2.05, 4.69) is 16.0 Å². The van der Waals surface area contributed by atoms with Crippen LogP contribution >= 0.6 is 0 Å². The van der Waals surface area contributed by atoms with E-state index < -0.39 is 12.1 Å². The van der Waals surface area contributed by atoms with E-state index >= 15 is 0 Å². The third-order valence-corrected chi connectivity index (χ3v) is 4.13. The number of carbonyl (C=O) groups excluding carboxylic acids is 4. The lowest BCUT2D eigenvalue weighted by Crippen LogP contribution is -2.31. The van der Waals surface area contributed by atoms with Crippen molar-refractivity contribution in [2.24, 2.45) is 0 Å². The van der Waals surface area contributed by atoms with Crippen LogP contribution in [0.15, 0.2) is 47.1 Å². The molecule has 1 aromatic heterocycles. The van der Waals surface area contributed by atoms with Gasteiger partial charge in [0.2, 0.25) is 11.8 Å². The average molecular weight is 384 g/mol. The standard InChI is InChI=1S/C19H20N4O5/c1-12(24)20-13-4-2-5-14(10-13)21-17(25)8-7-16-18(26)23(19(27)22-16)11-15-6-3-9-28-15/h2-6,9-10,16H,7-8,11H2,1H3,(H,20,24)(H,21,25)(H,22,27)/t16-/m1/s1. The summed E-state index contributed by atoms with van der Waals surface area (Å²) in [5, 5.41) is 7.93. The van der Waals surface area contributed by atoms with Gasteiger partial charge < -0.3 is 20.4 Å². The van der Waals surface area contributed by atoms with Crippen LogP contribution in [0.4, 0.5) is 16.2 Å². The minimum Gasteiger partial charge on any atom is -0.467 e. The molecule has 28 heavy (non-hydrogen) atoms. The summed E-state index contributed by atoms with van der Waals surface area (Å²) in [6.45, 7) is 1.45. The molecule has 2 aromatic rings. The molecule has 1 saturated heterocycles. The molecular formula is C19H20N4O5. The molecule has 0 bridgehead atoms. The van der Waals surface area contributed by atoms with Crippen LogP contribution in [-0.2, 0) is 20.9 Å². The molecule has 9 heteroatoms. The highest BCUT2D eigenvalue weighted by molar-refractivity contribution is 6.04. The smallest absolute Gasteiger partial charge is 0.325 e. The number of rotatable bonds is 7. The Hall–Kier alpha value is -3.62. The van der Waals surface area contributed by atoms with Gasteiger partial charge in [-0.25, -0.2) is 4.79 Å². The first kappa shape index (κ1) is 19.2. The third kappa shape index (κ3) is 4.76. The van der Waals surface area contributed by atoms with Crippen LogP contribution in [0.1, 0.15) is 25.5 Å². The largest absolute Gasteiger partial charge is 0.467 e. The fraction of sp³-hybridized carbons (Fsp3) is 0.263. The number of nitrogens with zero attached hydrogens (tertiary/aromatic N) is 1. The highest BCUT2D eigenvalue weighted by atomic mass is 16.3. The number of benzene rings is 1. The molecule has 0 spiro atoms. The Morgan fingerprint density at radius 3 is 2.57 bits per heavy atom. The van der Waals surface area contributed by atoms with E-state index in [0.29, 0.717) is 17.1 Å². The zero-order valence-corrected chi connectivity index (χ0v) is 15.2. The zero-order valence-electron chi connectivity index (χ0n) is 15.2. The van der Waals surface area contributed by atoms with Crippen LogP contribution in [0.2, 0.25) is 0 Å². The molecule has 0 saturated carbocycles. The number of hydrogen-bond donors (Lipinski definition) is 3. The van der Waals surface area contributed by atoms with E-state index in [1.807, 2.05) is 0 Å². The summed E-state index contributed by atoms with van der Waals surface area (Å²) in [5.74, 6) is -0.396. The molecule has 5 amide bonds. The molecule has 0 aliphatic carbocycles. The molecule has 3 rings (SSSR count). The Bertz CT molecular complexity index is 893. The summed E-state index contributed by atoms with van der Waals surface area (Å²) in [4.78, 5) is 48.7. The predicted molar refractivity (Wildman–Crippen MR) is 100 cm³/mol. The lowest BCUT2D eigenvalue weighted by atomic mass is 10.1. The van der Waals surface area contributed by atoms with Gasteiger partial charge in [-0.1, -0.05) is 6.07 Å². The minimum atomic E-state index is -0.751. The number of amides is 5. The van der Waals surface area contributed by atoms with Gasteiger partial charge in [0.1, 0.15) is 11.8 Å². The van der Waals surface area contributed by atoms with Crippen molar-refractivity contribution >= 4 is 35.1 Å². The fourth-order valence-corrected chi connectivity index (χ4v) is 2.86. The maximum Gasteiger partial charge on any atom is 0.325 e. The van der Waals surface area contributed by atoms with Crippen molar-refractivity contribution < 1.29 is 23.6 Å². The molecule has 1 aliphatic rings. The second-order valence-corrected chi connectivity index (χ2v) is 6.35. The van der Waals surface area contributed by atoms with Gasteiger partial charge in [0.25, 0.3) is 5.91 Å². The Kier molecular flexibility index (Phi) is 5.73. The van der Waals surface area contributed by atoms with Gasteiger partial charge in [0.15, 0.2) is 0 Å². The van der Waals surface area contributed by atoms with Crippen LogP contribution in [-0.4, -0.2) is 34.7 Å². The van der Waals surface area contributed by atoms with E-state index in [9.17, 15) is 19.2 Å². The normalized spacial score (nSPS) is 16.0. The summed E-state index contributed by atoms with van der Waals surface area (Å²) in [7, 11) is 0. The number of nitrogens with one attached hydrogen (secondary N) is 3. The lowest BCUT2D eigenvalue weighted by molar-refractivity contribution is -0.128. The van der Waals surface area contributed by atoms with Gasteiger partial charge in [0.05, 0.1) is 12.8 Å². The number of furan rings is 1. The second-order valence-electron chi connectivity index (χ2n) is 6.35. The molecular weight excluding hydrogens is 364 g/mol. The first-order valence-electron chi connectivity index (χ1n) is 8.74. The summed E-state index contributed by atoms with van der Waals surface area (Å²) in [6, 6.07) is 8.83. The van der Waals surface area contributed by atoms with Gasteiger partial charge in [-0.05, 0) is 36.8 Å². The zero-order chi connectivity index (χ0) is 20.1. The maximum absolute atomic E-state index is 12.4. The van der Waals surface area contributed by atoms with Crippen molar-refractivity contribution in [3.05, 3.63) is 48.4 Å². The number of urea groups is 1. The molecule has 0 radical (unpaired) electrons. The summed E-state index contributed by atoms with van der Waals surface area (Å²) < 4.78 is 5.16. The molecule has 1 atom stereocenters. The Labute approximate surface area is 161 Å². The molecule has 146 valence electrons. The van der Waals surface area contributed by atoms with Gasteiger partial charge in [0, 0.05) is 24.7 Å². The van der Waals surface area contributed by atoms with Crippen molar-refractivity contribution in [1.82, 2.24) is 10.2 Å². The monoisotopic (exact) mass is 384 g/mol. The molecule has 2 heterocycles. The van der Waals surface area contributed by atoms with E-state index in [1.165, 1.54) is 13.2 Å². The first-order valence-corrected chi connectivity index (χ1v) is 8.74. The van der Waals surface area contributed by atoms with Crippen molar-refractivity contribution in [2.45, 2.75) is 32.4 Å². The highest BCUT2D eigenvalue weighted by Gasteiger charge is 2.38. The number of imide groups is 1. The van der Waals surface area contributed by atoms with Crippen LogP contribution in [0.25, 0.3) is 0 Å². The lowest BCUT2D eigenvalue weighted by Gasteiger charge is -2.11. The predicted octanol–water partition coefficient (Wildman–Crippen LogP) is 2.08. The van der Waals surface area contributed by atoms with Crippen LogP contribution in [0.5, 0.6) is 0 Å². The van der Waals surface area contributed by atoms with Gasteiger partial charge >= 0.3 is 6.03 Å². The molecule has 1 fully saturated rings. The van der Waals surface area contributed by atoms with E-state index in [0.717, 1.165) is 4.90 Å². The summed E-state index contributed by atoms with van der Waals surface area (Å²) in [6.07, 6.45) is 1.70. The summed E-state index contributed by atoms with van der Waals surface area (Å²) in [5.41, 5.74) is 1.09. The first-order chi connectivity index (χ1) is 13.4. The topological polar surface area (TPSA) is 121 Å². The highest BCUT2D eigenvalue weighted by Crippen LogP contribution is 2.18. The van der Waals surface area contributed by atoms with Crippen molar-refractivity contribution in [1.29, 1.82) is 0 Å². The number of carbonyl (C=O) groups is 4. The molecule has 1 aromatic carbocycles. The molecule has 9 nitrogen and oxygen atoms in total. The summed E-state index contributed by atoms with van der Waals surface area (Å²) >= 11 is 0. The number of anilines is 2. The van der Waals surface area contributed by atoms with Crippen molar-refractivity contribution in [3.8, 4) is 0 Å². The van der Waals surface area contributed by atoms with Crippen molar-refractivity contribution in [3.63, 3.8) is 0 Å². The van der Waals surface area contributed by atoms with Gasteiger partial charge in [-0.3, -0.25) is 19.3 Å². The van der Waals surface area contributed by atoms with E-state index in [4.69, 9.17) is 4.42 Å². The van der Waals surface area contributed by atoms with Crippen LogP contribution in [0, 0.1) is 0 Å². The molecule has 0 unspecified atom stereocenters. The average Bonchev–Trinajstić information content (AvgIpc) is 3.23. The van der Waals surface area contributed by atoms with Gasteiger partial charge in [-0.2, -0.15) is 0 Å². The van der Waals surface area contributed by atoms with Crippen LogP contribution in [0.3, 0.4) is 0 Å². The van der Waals surface area contributed by atoms with Gasteiger partial charge in [-0.15, -0.1) is 0 Å². The molecule has 1 aliphatic heterocycles. The fourth-order valence-electron chi connectivity index (χ4n) is 2.86. The van der Waals surface area contributed by atoms with Crippen LogP contribution < -0.4 is 16.0 Å². The SMILES string of the molecule is CC(=O)Nc1cccc(NC(=O)CC[C@H]2NC(=O)N(Cc3ccco3)C2=O)c1. The maximum atomic E-state index is 12.4. The number of hydrogen-bond acceptors (Lipinski definition) is 5. The Morgan fingerprint density at radius 1 is 1.14 bits per heavy atom. The van der Waals surface area contributed by atoms with E-state index in [-0.39, 0.29) is 37.1 Å². The molecule has 3 N–H and O–H groups in total. The quantitative estimate of drug-likeness (QED) is 0.631. The second kappa shape index (κ2) is 8.38. The minimum absolute atomic E-state index is 0.0512. The Morgan fingerprint density at radius 2 is 1.89 bits per heavy atom. The Balaban J connectivity index is 1.51. The third-order valence-electron chi connectivity index (χ3n) is 4.13.